The van der Waals surface area contributed by atoms with Crippen LogP contribution in [-0.2, 0) is 16.3 Å². The SMILES string of the molecule is CCC(CNC(=NC)NCCCS(C)(=O)=O)Cc1cccc(Br)c1.I. The van der Waals surface area contributed by atoms with E-state index in [0.717, 1.165) is 29.8 Å². The molecule has 1 atom stereocenters. The minimum atomic E-state index is -2.90. The predicted octanol–water partition coefficient (Wildman–Crippen LogP) is 3.24. The molecule has 0 saturated carbocycles. The van der Waals surface area contributed by atoms with Gasteiger partial charge in [0.1, 0.15) is 9.84 Å². The average Bonchev–Trinajstić information content (AvgIpc) is 2.52. The summed E-state index contributed by atoms with van der Waals surface area (Å²) in [4.78, 5) is 4.19. The average molecular weight is 546 g/mol. The van der Waals surface area contributed by atoms with E-state index in [-0.39, 0.29) is 29.7 Å². The Morgan fingerprint density at radius 1 is 1.32 bits per heavy atom. The van der Waals surface area contributed by atoms with Gasteiger partial charge in [0.15, 0.2) is 5.96 Å². The second kappa shape index (κ2) is 12.9. The van der Waals surface area contributed by atoms with Gasteiger partial charge in [-0.3, -0.25) is 4.99 Å². The van der Waals surface area contributed by atoms with E-state index in [9.17, 15) is 8.42 Å². The van der Waals surface area contributed by atoms with E-state index < -0.39 is 9.84 Å². The fourth-order valence-electron chi connectivity index (χ4n) is 2.36. The first kappa shape index (κ1) is 24.7. The Hall–Kier alpha value is -0.350. The van der Waals surface area contributed by atoms with Gasteiger partial charge in [-0.25, -0.2) is 8.42 Å². The van der Waals surface area contributed by atoms with Gasteiger partial charge in [0.05, 0.1) is 5.75 Å². The van der Waals surface area contributed by atoms with Gasteiger partial charge in [-0.2, -0.15) is 0 Å². The van der Waals surface area contributed by atoms with Crippen LogP contribution in [0.2, 0.25) is 0 Å². The van der Waals surface area contributed by atoms with E-state index in [1.807, 2.05) is 6.07 Å². The van der Waals surface area contributed by atoms with Crippen molar-refractivity contribution in [3.05, 3.63) is 34.3 Å². The normalized spacial score (nSPS) is 13.0. The van der Waals surface area contributed by atoms with Gasteiger partial charge in [0.25, 0.3) is 0 Å². The highest BCUT2D eigenvalue weighted by molar-refractivity contribution is 14.0. The number of nitrogens with zero attached hydrogens (tertiary/aromatic N) is 1. The third kappa shape index (κ3) is 11.8. The maximum Gasteiger partial charge on any atom is 0.190 e. The van der Waals surface area contributed by atoms with Crippen molar-refractivity contribution >= 4 is 55.7 Å². The lowest BCUT2D eigenvalue weighted by molar-refractivity contribution is 0.493. The molecule has 5 nitrogen and oxygen atoms in total. The van der Waals surface area contributed by atoms with Crippen molar-refractivity contribution < 1.29 is 8.42 Å². The molecule has 1 aromatic rings. The van der Waals surface area contributed by atoms with E-state index in [4.69, 9.17) is 0 Å². The summed E-state index contributed by atoms with van der Waals surface area (Å²) < 4.78 is 23.3. The highest BCUT2D eigenvalue weighted by Crippen LogP contribution is 2.16. The summed E-state index contributed by atoms with van der Waals surface area (Å²) in [7, 11) is -1.18. The van der Waals surface area contributed by atoms with Crippen LogP contribution in [0.4, 0.5) is 0 Å². The van der Waals surface area contributed by atoms with Gasteiger partial charge >= 0.3 is 0 Å². The Balaban J connectivity index is 0.00000576. The van der Waals surface area contributed by atoms with Crippen LogP contribution in [0.25, 0.3) is 0 Å². The third-order valence-corrected chi connectivity index (χ3v) is 5.28. The Kier molecular flexibility index (Phi) is 12.7. The first-order chi connectivity index (χ1) is 11.3. The summed E-state index contributed by atoms with van der Waals surface area (Å²) in [6.07, 6.45) is 3.92. The Bertz CT molecular complexity index is 639. The van der Waals surface area contributed by atoms with Crippen molar-refractivity contribution in [3.63, 3.8) is 0 Å². The van der Waals surface area contributed by atoms with Gasteiger partial charge in [0.2, 0.25) is 0 Å². The molecule has 0 aliphatic rings. The van der Waals surface area contributed by atoms with Crippen LogP contribution in [-0.4, -0.2) is 46.5 Å². The highest BCUT2D eigenvalue weighted by Gasteiger charge is 2.09. The highest BCUT2D eigenvalue weighted by atomic mass is 127. The quantitative estimate of drug-likeness (QED) is 0.216. The minimum absolute atomic E-state index is 0. The number of rotatable bonds is 9. The Morgan fingerprint density at radius 2 is 2.04 bits per heavy atom. The van der Waals surface area contributed by atoms with Crippen molar-refractivity contribution in [2.75, 3.05) is 32.1 Å². The number of hydrogen-bond acceptors (Lipinski definition) is 3. The van der Waals surface area contributed by atoms with Crippen molar-refractivity contribution in [1.29, 1.82) is 0 Å². The Morgan fingerprint density at radius 3 is 2.60 bits per heavy atom. The third-order valence-electron chi connectivity index (χ3n) is 3.76. The van der Waals surface area contributed by atoms with Crippen molar-refractivity contribution in [1.82, 2.24) is 10.6 Å². The number of aliphatic imine (C=N–C) groups is 1. The van der Waals surface area contributed by atoms with Gasteiger partial charge in [-0.05, 0) is 36.5 Å². The van der Waals surface area contributed by atoms with Gasteiger partial charge in [-0.1, -0.05) is 41.4 Å². The second-order valence-corrected chi connectivity index (χ2v) is 9.15. The fraction of sp³-hybridized carbons (Fsp3) is 0.588. The molecule has 25 heavy (non-hydrogen) atoms. The molecule has 0 amide bonds. The lowest BCUT2D eigenvalue weighted by Gasteiger charge is -2.18. The van der Waals surface area contributed by atoms with Gasteiger partial charge in [-0.15, -0.1) is 24.0 Å². The molecular formula is C17H29BrIN3O2S. The molecular weight excluding hydrogens is 517 g/mol. The largest absolute Gasteiger partial charge is 0.356 e. The van der Waals surface area contributed by atoms with Crippen LogP contribution in [0.1, 0.15) is 25.3 Å². The first-order valence-corrected chi connectivity index (χ1v) is 11.1. The maximum absolute atomic E-state index is 11.1. The summed E-state index contributed by atoms with van der Waals surface area (Å²) in [6.45, 7) is 3.61. The van der Waals surface area contributed by atoms with Crippen molar-refractivity contribution in [2.45, 2.75) is 26.2 Å². The van der Waals surface area contributed by atoms with Crippen molar-refractivity contribution in [3.8, 4) is 0 Å². The smallest absolute Gasteiger partial charge is 0.190 e. The molecule has 0 radical (unpaired) electrons. The lowest BCUT2D eigenvalue weighted by atomic mass is 9.97. The molecule has 0 aliphatic heterocycles. The molecule has 0 aliphatic carbocycles. The van der Waals surface area contributed by atoms with E-state index in [0.29, 0.717) is 18.9 Å². The zero-order valence-electron chi connectivity index (χ0n) is 15.1. The molecule has 1 rings (SSSR count). The summed E-state index contributed by atoms with van der Waals surface area (Å²) in [5, 5.41) is 6.49. The monoisotopic (exact) mass is 545 g/mol. The summed E-state index contributed by atoms with van der Waals surface area (Å²) in [5.74, 6) is 1.42. The standard InChI is InChI=1S/C17H28BrN3O2S.HI/c1-4-14(11-15-7-5-8-16(18)12-15)13-21-17(19-2)20-9-6-10-24(3,22)23;/h5,7-8,12,14H,4,6,9-11,13H2,1-3H3,(H2,19,20,21);1H. The molecule has 0 fully saturated rings. The number of hydrogen-bond donors (Lipinski definition) is 2. The minimum Gasteiger partial charge on any atom is -0.356 e. The van der Waals surface area contributed by atoms with Crippen LogP contribution < -0.4 is 10.6 Å². The van der Waals surface area contributed by atoms with Gasteiger partial charge in [0, 0.05) is 30.9 Å². The molecule has 8 heteroatoms. The van der Waals surface area contributed by atoms with Crippen molar-refractivity contribution in [2.24, 2.45) is 10.9 Å². The number of guanidine groups is 1. The molecule has 0 aromatic heterocycles. The molecule has 0 saturated heterocycles. The zero-order valence-corrected chi connectivity index (χ0v) is 19.8. The lowest BCUT2D eigenvalue weighted by Crippen LogP contribution is -2.40. The number of benzene rings is 1. The molecule has 1 aromatic carbocycles. The molecule has 1 unspecified atom stereocenters. The maximum atomic E-state index is 11.1. The first-order valence-electron chi connectivity index (χ1n) is 8.20. The summed E-state index contributed by atoms with van der Waals surface area (Å²) >= 11 is 3.51. The van der Waals surface area contributed by atoms with E-state index in [2.05, 4.69) is 56.7 Å². The predicted molar refractivity (Wildman–Crippen MR) is 121 cm³/mol. The van der Waals surface area contributed by atoms with E-state index in [1.54, 1.807) is 7.05 Å². The molecule has 0 heterocycles. The van der Waals surface area contributed by atoms with Crippen LogP contribution in [0.5, 0.6) is 0 Å². The molecule has 0 bridgehead atoms. The van der Waals surface area contributed by atoms with Crippen LogP contribution in [0.15, 0.2) is 33.7 Å². The number of sulfone groups is 1. The van der Waals surface area contributed by atoms with Gasteiger partial charge < -0.3 is 10.6 Å². The molecule has 2 N–H and O–H groups in total. The van der Waals surface area contributed by atoms with Crippen LogP contribution in [0, 0.1) is 5.92 Å². The van der Waals surface area contributed by atoms with Crippen LogP contribution >= 0.6 is 39.9 Å². The van der Waals surface area contributed by atoms with Crippen LogP contribution in [0.3, 0.4) is 0 Å². The summed E-state index contributed by atoms with van der Waals surface area (Å²) in [6, 6.07) is 8.39. The zero-order chi connectivity index (χ0) is 18.0. The number of halogens is 2. The summed E-state index contributed by atoms with van der Waals surface area (Å²) in [5.41, 5.74) is 1.31. The second-order valence-electron chi connectivity index (χ2n) is 5.97. The Labute approximate surface area is 177 Å². The molecule has 0 spiro atoms. The number of nitrogens with one attached hydrogen (secondary N) is 2. The fourth-order valence-corrected chi connectivity index (χ4v) is 3.48. The topological polar surface area (TPSA) is 70.6 Å². The van der Waals surface area contributed by atoms with E-state index in [1.165, 1.54) is 11.8 Å². The van der Waals surface area contributed by atoms with E-state index >= 15 is 0 Å². The molecule has 144 valence electrons.